The van der Waals surface area contributed by atoms with Gasteiger partial charge in [0.15, 0.2) is 0 Å². The number of rotatable bonds is 1. The molecule has 0 aliphatic carbocycles. The number of carbonyl (C=O) groups is 1. The van der Waals surface area contributed by atoms with Crippen LogP contribution in [0.3, 0.4) is 0 Å². The molecule has 2 heterocycles. The zero-order valence-electron chi connectivity index (χ0n) is 11.2. The van der Waals surface area contributed by atoms with Gasteiger partial charge in [0.25, 0.3) is 5.91 Å². The molecule has 0 saturated carbocycles. The van der Waals surface area contributed by atoms with Gasteiger partial charge in [0.2, 0.25) is 0 Å². The molecule has 1 aromatic heterocycles. The summed E-state index contributed by atoms with van der Waals surface area (Å²) in [7, 11) is 0. The Morgan fingerprint density at radius 2 is 1.86 bits per heavy atom. The largest absolute Gasteiger partial charge is 0.361 e. The van der Waals surface area contributed by atoms with Crippen LogP contribution in [-0.2, 0) is 0 Å². The van der Waals surface area contributed by atoms with Gasteiger partial charge in [-0.15, -0.1) is 0 Å². The second-order valence-electron chi connectivity index (χ2n) is 5.05. The van der Waals surface area contributed by atoms with Crippen molar-refractivity contribution >= 4 is 22.5 Å². The van der Waals surface area contributed by atoms with Crippen molar-refractivity contribution in [3.05, 3.63) is 71.9 Å². The highest BCUT2D eigenvalue weighted by molar-refractivity contribution is 6.01. The molecule has 1 aliphatic rings. The van der Waals surface area contributed by atoms with E-state index in [-0.39, 0.29) is 12.1 Å². The van der Waals surface area contributed by atoms with Crippen LogP contribution < -0.4 is 10.6 Å². The van der Waals surface area contributed by atoms with Crippen LogP contribution >= 0.6 is 0 Å². The molecule has 0 saturated heterocycles. The Bertz CT molecular complexity index is 844. The summed E-state index contributed by atoms with van der Waals surface area (Å²) in [4.78, 5) is 16.5. The molecule has 1 aliphatic heterocycles. The first-order valence-corrected chi connectivity index (χ1v) is 6.82. The molecule has 1 amide bonds. The van der Waals surface area contributed by atoms with E-state index in [1.54, 1.807) is 6.20 Å². The Morgan fingerprint density at radius 1 is 0.952 bits per heavy atom. The maximum Gasteiger partial charge on any atom is 0.255 e. The molecule has 0 bridgehead atoms. The van der Waals surface area contributed by atoms with E-state index in [0.29, 0.717) is 5.56 Å². The van der Waals surface area contributed by atoms with Gasteiger partial charge in [0.1, 0.15) is 6.17 Å². The van der Waals surface area contributed by atoms with E-state index in [2.05, 4.69) is 15.6 Å². The van der Waals surface area contributed by atoms with Crippen LogP contribution in [0, 0.1) is 0 Å². The summed E-state index contributed by atoms with van der Waals surface area (Å²) in [5, 5.41) is 7.40. The van der Waals surface area contributed by atoms with Crippen LogP contribution in [0.2, 0.25) is 0 Å². The lowest BCUT2D eigenvalue weighted by atomic mass is 10.0. The van der Waals surface area contributed by atoms with Gasteiger partial charge in [0, 0.05) is 17.3 Å². The lowest BCUT2D eigenvalue weighted by Gasteiger charge is -2.28. The Balaban J connectivity index is 1.75. The minimum Gasteiger partial charge on any atom is -0.361 e. The van der Waals surface area contributed by atoms with Crippen LogP contribution in [0.4, 0.5) is 5.69 Å². The van der Waals surface area contributed by atoms with Gasteiger partial charge in [-0.2, -0.15) is 0 Å². The molecule has 4 heteroatoms. The fraction of sp³-hybridized carbons (Fsp3) is 0.0588. The van der Waals surface area contributed by atoms with Gasteiger partial charge >= 0.3 is 0 Å². The van der Waals surface area contributed by atoms with E-state index in [4.69, 9.17) is 0 Å². The van der Waals surface area contributed by atoms with Crippen LogP contribution in [0.1, 0.15) is 22.1 Å². The summed E-state index contributed by atoms with van der Waals surface area (Å²) in [5.74, 6) is -0.0550. The first kappa shape index (κ1) is 11.9. The summed E-state index contributed by atoms with van der Waals surface area (Å²) in [5.41, 5.74) is 3.50. The molecule has 1 unspecified atom stereocenters. The number of carbonyl (C=O) groups excluding carboxylic acids is 1. The molecule has 3 aromatic rings. The van der Waals surface area contributed by atoms with Crippen molar-refractivity contribution in [2.75, 3.05) is 5.32 Å². The number of aromatic nitrogens is 1. The predicted octanol–water partition coefficient (Wildman–Crippen LogP) is 3.09. The lowest BCUT2D eigenvalue weighted by Crippen LogP contribution is -2.38. The third-order valence-electron chi connectivity index (χ3n) is 3.71. The molecule has 4 rings (SSSR count). The maximum atomic E-state index is 12.2. The molecule has 0 spiro atoms. The van der Waals surface area contributed by atoms with Crippen LogP contribution in [0.25, 0.3) is 10.9 Å². The number of benzene rings is 2. The number of nitrogens with one attached hydrogen (secondary N) is 2. The van der Waals surface area contributed by atoms with Crippen molar-refractivity contribution in [3.63, 3.8) is 0 Å². The van der Waals surface area contributed by atoms with Crippen LogP contribution in [-0.4, -0.2) is 10.9 Å². The van der Waals surface area contributed by atoms with E-state index in [0.717, 1.165) is 22.2 Å². The van der Waals surface area contributed by atoms with E-state index < -0.39 is 0 Å². The van der Waals surface area contributed by atoms with Crippen LogP contribution in [0.15, 0.2) is 60.8 Å². The average molecular weight is 275 g/mol. The number of pyridine rings is 1. The quantitative estimate of drug-likeness (QED) is 0.717. The molecule has 2 aromatic carbocycles. The number of fused-ring (bicyclic) bond motifs is 2. The smallest absolute Gasteiger partial charge is 0.255 e. The highest BCUT2D eigenvalue weighted by Crippen LogP contribution is 2.27. The summed E-state index contributed by atoms with van der Waals surface area (Å²) >= 11 is 0. The maximum absolute atomic E-state index is 12.2. The highest BCUT2D eigenvalue weighted by Gasteiger charge is 2.24. The molecule has 1 atom stereocenters. The number of nitrogens with zero attached hydrogens (tertiary/aromatic N) is 1. The fourth-order valence-corrected chi connectivity index (χ4v) is 2.65. The van der Waals surface area contributed by atoms with E-state index >= 15 is 0 Å². The topological polar surface area (TPSA) is 54.0 Å². The van der Waals surface area contributed by atoms with Gasteiger partial charge in [-0.1, -0.05) is 24.3 Å². The Labute approximate surface area is 121 Å². The number of hydrogen-bond donors (Lipinski definition) is 2. The summed E-state index contributed by atoms with van der Waals surface area (Å²) in [6.07, 6.45) is 1.55. The van der Waals surface area contributed by atoms with E-state index in [1.165, 1.54) is 0 Å². The Hall–Kier alpha value is -2.88. The van der Waals surface area contributed by atoms with Crippen molar-refractivity contribution in [1.29, 1.82) is 0 Å². The molecular weight excluding hydrogens is 262 g/mol. The van der Waals surface area contributed by atoms with Gasteiger partial charge in [-0.05, 0) is 35.9 Å². The van der Waals surface area contributed by atoms with Gasteiger partial charge in [-0.25, -0.2) is 0 Å². The number of amides is 1. The molecule has 2 N–H and O–H groups in total. The molecule has 0 fully saturated rings. The van der Waals surface area contributed by atoms with Gasteiger partial charge < -0.3 is 10.6 Å². The predicted molar refractivity (Wildman–Crippen MR) is 82.0 cm³/mol. The van der Waals surface area contributed by atoms with Crippen LogP contribution in [0.5, 0.6) is 0 Å². The van der Waals surface area contributed by atoms with Crippen molar-refractivity contribution in [1.82, 2.24) is 10.3 Å². The number of hydrogen-bond acceptors (Lipinski definition) is 3. The van der Waals surface area contributed by atoms with Gasteiger partial charge in [0.05, 0.1) is 11.1 Å². The molecular formula is C17H13N3O. The molecule has 0 radical (unpaired) electrons. The standard InChI is InChI=1S/C17H13N3O/c21-17-13-5-1-2-6-15(13)19-16(20-17)12-7-8-14-11(10-12)4-3-9-18-14/h1-10,16,19H,(H,20,21). The number of para-hydroxylation sites is 1. The minimum atomic E-state index is -0.225. The monoisotopic (exact) mass is 275 g/mol. The number of anilines is 1. The molecule has 21 heavy (non-hydrogen) atoms. The molecule has 4 nitrogen and oxygen atoms in total. The summed E-state index contributed by atoms with van der Waals surface area (Å²) < 4.78 is 0. The summed E-state index contributed by atoms with van der Waals surface area (Å²) in [6.45, 7) is 0. The Morgan fingerprint density at radius 3 is 2.81 bits per heavy atom. The minimum absolute atomic E-state index is 0.0550. The Kier molecular flexibility index (Phi) is 2.60. The van der Waals surface area contributed by atoms with Crippen molar-refractivity contribution in [3.8, 4) is 0 Å². The average Bonchev–Trinajstić information content (AvgIpc) is 2.54. The first-order valence-electron chi connectivity index (χ1n) is 6.82. The molecule has 102 valence electrons. The van der Waals surface area contributed by atoms with Crippen molar-refractivity contribution in [2.24, 2.45) is 0 Å². The zero-order valence-corrected chi connectivity index (χ0v) is 11.2. The van der Waals surface area contributed by atoms with Crippen molar-refractivity contribution < 1.29 is 4.79 Å². The van der Waals surface area contributed by atoms with E-state index in [9.17, 15) is 4.79 Å². The lowest BCUT2D eigenvalue weighted by molar-refractivity contribution is 0.0935. The normalized spacial score (nSPS) is 17.0. The second-order valence-corrected chi connectivity index (χ2v) is 5.05. The third-order valence-corrected chi connectivity index (χ3v) is 3.71. The zero-order chi connectivity index (χ0) is 14.2. The SMILES string of the molecule is O=C1NC(c2ccc3ncccc3c2)Nc2ccccc21. The van der Waals surface area contributed by atoms with Crippen molar-refractivity contribution in [2.45, 2.75) is 6.17 Å². The van der Waals surface area contributed by atoms with E-state index in [1.807, 2.05) is 54.6 Å². The first-order chi connectivity index (χ1) is 10.3. The third kappa shape index (κ3) is 2.01. The highest BCUT2D eigenvalue weighted by atomic mass is 16.2. The fourth-order valence-electron chi connectivity index (χ4n) is 2.65. The second kappa shape index (κ2) is 4.59. The summed E-state index contributed by atoms with van der Waals surface area (Å²) in [6, 6.07) is 17.5. The van der Waals surface area contributed by atoms with Gasteiger partial charge in [-0.3, -0.25) is 9.78 Å².